The van der Waals surface area contributed by atoms with E-state index in [0.717, 1.165) is 51.4 Å². The molecule has 4 rings (SSSR count). The Morgan fingerprint density at radius 3 is 1.05 bits per heavy atom. The first-order chi connectivity index (χ1) is 21.6. The summed E-state index contributed by atoms with van der Waals surface area (Å²) in [4.78, 5) is 22.2. The maximum atomic E-state index is 11.1. The van der Waals surface area contributed by atoms with E-state index >= 15 is 0 Å². The third-order valence-corrected chi connectivity index (χ3v) is 7.72. The number of esters is 2. The van der Waals surface area contributed by atoms with Crippen molar-refractivity contribution in [1.82, 2.24) is 0 Å². The summed E-state index contributed by atoms with van der Waals surface area (Å²) in [6, 6.07) is 35.1. The summed E-state index contributed by atoms with van der Waals surface area (Å²) >= 11 is 0. The van der Waals surface area contributed by atoms with E-state index in [9.17, 15) is 9.59 Å². The fourth-order valence-electron chi connectivity index (χ4n) is 5.12. The molecule has 0 amide bonds. The second-order valence-corrected chi connectivity index (χ2v) is 10.9. The van der Waals surface area contributed by atoms with Crippen LogP contribution >= 0.6 is 0 Å². The molecule has 0 aromatic heterocycles. The molecule has 0 saturated carbocycles. The lowest BCUT2D eigenvalue weighted by molar-refractivity contribution is -0.138. The lowest BCUT2D eigenvalue weighted by atomic mass is 9.97. The van der Waals surface area contributed by atoms with E-state index in [0.29, 0.717) is 13.2 Å². The number of aryl methyl sites for hydroxylation is 2. The molecule has 0 aliphatic carbocycles. The number of hydrogen-bond acceptors (Lipinski definition) is 4. The molecule has 0 unspecified atom stereocenters. The lowest BCUT2D eigenvalue weighted by Crippen LogP contribution is -2.02. The van der Waals surface area contributed by atoms with Crippen molar-refractivity contribution in [1.29, 1.82) is 0 Å². The van der Waals surface area contributed by atoms with Gasteiger partial charge < -0.3 is 9.47 Å². The Morgan fingerprint density at radius 2 is 0.705 bits per heavy atom. The maximum Gasteiger partial charge on any atom is 0.330 e. The molecule has 0 aliphatic heterocycles. The highest BCUT2D eigenvalue weighted by atomic mass is 16.5. The predicted molar refractivity (Wildman–Crippen MR) is 180 cm³/mol. The van der Waals surface area contributed by atoms with Crippen LogP contribution in [0.2, 0.25) is 0 Å². The zero-order valence-corrected chi connectivity index (χ0v) is 25.5. The summed E-state index contributed by atoms with van der Waals surface area (Å²) in [6.07, 6.45) is 10.5. The van der Waals surface area contributed by atoms with Gasteiger partial charge in [0.2, 0.25) is 0 Å². The van der Waals surface area contributed by atoms with Crippen LogP contribution in [0, 0.1) is 0 Å². The first-order valence-electron chi connectivity index (χ1n) is 15.5. The SMILES string of the molecule is C=CC(=O)OCCCCCCc1ccc(-c2ccc(-c3ccc(-c4ccc(CCCCOC(=O)C=C)cc4)cc3)cc2)cc1. The Bertz CT molecular complexity index is 1480. The first kappa shape index (κ1) is 32.2. The van der Waals surface area contributed by atoms with Crippen molar-refractivity contribution in [2.45, 2.75) is 51.4 Å². The van der Waals surface area contributed by atoms with Crippen molar-refractivity contribution < 1.29 is 19.1 Å². The van der Waals surface area contributed by atoms with Gasteiger partial charge in [-0.3, -0.25) is 0 Å². The zero-order valence-electron chi connectivity index (χ0n) is 25.5. The summed E-state index contributed by atoms with van der Waals surface area (Å²) in [7, 11) is 0. The number of hydrogen-bond donors (Lipinski definition) is 0. The lowest BCUT2D eigenvalue weighted by Gasteiger charge is -2.09. The van der Waals surface area contributed by atoms with Gasteiger partial charge in [-0.05, 0) is 83.0 Å². The maximum absolute atomic E-state index is 11.1. The minimum Gasteiger partial charge on any atom is -0.463 e. The van der Waals surface area contributed by atoms with Crippen molar-refractivity contribution in [3.05, 3.63) is 133 Å². The van der Waals surface area contributed by atoms with E-state index < -0.39 is 0 Å². The van der Waals surface area contributed by atoms with Crippen molar-refractivity contribution in [2.75, 3.05) is 13.2 Å². The van der Waals surface area contributed by atoms with E-state index in [1.54, 1.807) is 0 Å². The molecule has 44 heavy (non-hydrogen) atoms. The number of carbonyl (C=O) groups excluding carboxylic acids is 2. The minimum absolute atomic E-state index is 0.344. The topological polar surface area (TPSA) is 52.6 Å². The third kappa shape index (κ3) is 10.2. The Balaban J connectivity index is 1.22. The van der Waals surface area contributed by atoms with Gasteiger partial charge in [0.05, 0.1) is 13.2 Å². The van der Waals surface area contributed by atoms with Gasteiger partial charge in [-0.2, -0.15) is 0 Å². The van der Waals surface area contributed by atoms with Gasteiger partial charge in [0, 0.05) is 12.2 Å². The number of unbranched alkanes of at least 4 members (excludes halogenated alkanes) is 4. The van der Waals surface area contributed by atoms with Gasteiger partial charge in [0.15, 0.2) is 0 Å². The number of ether oxygens (including phenoxy) is 2. The van der Waals surface area contributed by atoms with Crippen molar-refractivity contribution >= 4 is 11.9 Å². The van der Waals surface area contributed by atoms with Gasteiger partial charge in [0.25, 0.3) is 0 Å². The fourth-order valence-corrected chi connectivity index (χ4v) is 5.12. The molecule has 0 atom stereocenters. The predicted octanol–water partition coefficient (Wildman–Crippen LogP) is 9.57. The molecular weight excluding hydrogens is 544 g/mol. The van der Waals surface area contributed by atoms with E-state index in [2.05, 4.69) is 110 Å². The Kier molecular flexibility index (Phi) is 12.8. The Labute approximate surface area is 262 Å². The summed E-state index contributed by atoms with van der Waals surface area (Å²) < 4.78 is 10.1. The Hall–Kier alpha value is -4.70. The van der Waals surface area contributed by atoms with Gasteiger partial charge in [-0.15, -0.1) is 0 Å². The fraction of sp³-hybridized carbons (Fsp3) is 0.250. The van der Waals surface area contributed by atoms with E-state index in [1.807, 2.05) is 0 Å². The molecule has 4 aromatic rings. The highest BCUT2D eigenvalue weighted by Crippen LogP contribution is 2.28. The summed E-state index contributed by atoms with van der Waals surface area (Å²) in [5.41, 5.74) is 9.86. The molecule has 0 radical (unpaired) electrons. The normalized spacial score (nSPS) is 10.6. The van der Waals surface area contributed by atoms with Crippen LogP contribution in [0.4, 0.5) is 0 Å². The highest BCUT2D eigenvalue weighted by Gasteiger charge is 2.04. The molecule has 226 valence electrons. The van der Waals surface area contributed by atoms with Gasteiger partial charge in [-0.25, -0.2) is 9.59 Å². The number of benzene rings is 4. The molecule has 0 fully saturated rings. The molecule has 0 saturated heterocycles. The van der Waals surface area contributed by atoms with E-state index in [4.69, 9.17) is 9.47 Å². The molecule has 0 bridgehead atoms. The summed E-state index contributed by atoms with van der Waals surface area (Å²) in [5.74, 6) is -0.703. The molecule has 0 aliphatic rings. The van der Waals surface area contributed by atoms with E-state index in [-0.39, 0.29) is 11.9 Å². The zero-order chi connectivity index (χ0) is 31.0. The second-order valence-electron chi connectivity index (χ2n) is 10.9. The van der Waals surface area contributed by atoms with Crippen LogP contribution in [-0.4, -0.2) is 25.2 Å². The number of rotatable bonds is 17. The summed E-state index contributed by atoms with van der Waals surface area (Å²) in [5, 5.41) is 0. The number of carbonyl (C=O) groups is 2. The van der Waals surface area contributed by atoms with Crippen molar-refractivity contribution in [2.24, 2.45) is 0 Å². The molecule has 4 aromatic carbocycles. The second kappa shape index (κ2) is 17.4. The Morgan fingerprint density at radius 1 is 0.432 bits per heavy atom. The molecule has 0 N–H and O–H groups in total. The van der Waals surface area contributed by atoms with Crippen LogP contribution in [0.15, 0.2) is 122 Å². The van der Waals surface area contributed by atoms with Crippen LogP contribution in [0.1, 0.15) is 49.7 Å². The standard InChI is InChI=1S/C40H42O4/c1-3-39(41)43-29-9-6-5-7-11-31-13-17-33(18-14-31)35-21-25-37(26-22-35)38-27-23-36(24-28-38)34-19-15-32(16-20-34)12-8-10-30-44-40(42)4-2/h3-4,13-28H,1-2,5-12,29-30H2. The molecule has 4 heteroatoms. The van der Waals surface area contributed by atoms with Crippen LogP contribution in [-0.2, 0) is 31.9 Å². The van der Waals surface area contributed by atoms with Gasteiger partial charge >= 0.3 is 11.9 Å². The largest absolute Gasteiger partial charge is 0.463 e. The van der Waals surface area contributed by atoms with Crippen LogP contribution < -0.4 is 0 Å². The molecule has 0 heterocycles. The van der Waals surface area contributed by atoms with Crippen LogP contribution in [0.3, 0.4) is 0 Å². The quantitative estimate of drug-likeness (QED) is 0.0702. The minimum atomic E-state index is -0.359. The third-order valence-electron chi connectivity index (χ3n) is 7.72. The van der Waals surface area contributed by atoms with Crippen LogP contribution in [0.25, 0.3) is 33.4 Å². The average molecular weight is 587 g/mol. The van der Waals surface area contributed by atoms with E-state index in [1.165, 1.54) is 56.7 Å². The van der Waals surface area contributed by atoms with Gasteiger partial charge in [0.1, 0.15) is 0 Å². The van der Waals surface area contributed by atoms with Crippen molar-refractivity contribution in [3.63, 3.8) is 0 Å². The monoisotopic (exact) mass is 586 g/mol. The first-order valence-corrected chi connectivity index (χ1v) is 15.5. The average Bonchev–Trinajstić information content (AvgIpc) is 3.08. The van der Waals surface area contributed by atoms with Crippen LogP contribution in [0.5, 0.6) is 0 Å². The van der Waals surface area contributed by atoms with Crippen molar-refractivity contribution in [3.8, 4) is 33.4 Å². The highest BCUT2D eigenvalue weighted by molar-refractivity contribution is 5.81. The molecule has 4 nitrogen and oxygen atoms in total. The molecule has 0 spiro atoms. The smallest absolute Gasteiger partial charge is 0.330 e. The van der Waals surface area contributed by atoms with Gasteiger partial charge in [-0.1, -0.05) is 123 Å². The molecular formula is C40H42O4. The summed E-state index contributed by atoms with van der Waals surface area (Å²) in [6.45, 7) is 7.73.